The third-order valence-corrected chi connectivity index (χ3v) is 4.73. The van der Waals surface area contributed by atoms with Gasteiger partial charge in [0, 0.05) is 38.6 Å². The third-order valence-electron chi connectivity index (χ3n) is 4.73. The zero-order valence-electron chi connectivity index (χ0n) is 15.4. The van der Waals surface area contributed by atoms with Crippen molar-refractivity contribution in [3.63, 3.8) is 0 Å². The average Bonchev–Trinajstić information content (AvgIpc) is 2.60. The van der Waals surface area contributed by atoms with E-state index >= 15 is 0 Å². The molecule has 1 N–H and O–H groups in total. The molecule has 0 fully saturated rings. The Hall–Kier alpha value is -2.49. The molecule has 2 aromatic rings. The van der Waals surface area contributed by atoms with Crippen LogP contribution >= 0.6 is 0 Å². The molecule has 0 aromatic heterocycles. The number of fused-ring (bicyclic) bond motifs is 1. The molecule has 0 radical (unpaired) electrons. The molecule has 1 amide bonds. The van der Waals surface area contributed by atoms with Crippen LogP contribution in [0.4, 0.5) is 11.4 Å². The summed E-state index contributed by atoms with van der Waals surface area (Å²) in [5, 5.41) is 3.04. The SMILES string of the molecule is Cc1ccc2c(c1)CCCN2CC(=O)NCc1ccc(N(C)C)cc1. The van der Waals surface area contributed by atoms with Crippen molar-refractivity contribution in [2.45, 2.75) is 26.3 Å². The molecular weight excluding hydrogens is 310 g/mol. The van der Waals surface area contributed by atoms with E-state index in [4.69, 9.17) is 0 Å². The fourth-order valence-electron chi connectivity index (χ4n) is 3.31. The molecule has 4 heteroatoms. The lowest BCUT2D eigenvalue weighted by Crippen LogP contribution is -2.39. The maximum atomic E-state index is 12.4. The lowest BCUT2D eigenvalue weighted by atomic mass is 9.99. The normalized spacial score (nSPS) is 13.3. The molecule has 0 saturated carbocycles. The molecule has 0 atom stereocenters. The number of carbonyl (C=O) groups excluding carboxylic acids is 1. The van der Waals surface area contributed by atoms with Crippen LogP contribution in [0.5, 0.6) is 0 Å². The Morgan fingerprint density at radius 3 is 2.64 bits per heavy atom. The molecule has 0 bridgehead atoms. The summed E-state index contributed by atoms with van der Waals surface area (Å²) in [7, 11) is 4.05. The van der Waals surface area contributed by atoms with Crippen molar-refractivity contribution in [1.82, 2.24) is 5.32 Å². The van der Waals surface area contributed by atoms with Crippen molar-refractivity contribution in [2.75, 3.05) is 37.0 Å². The van der Waals surface area contributed by atoms with Gasteiger partial charge in [0.25, 0.3) is 0 Å². The second kappa shape index (κ2) is 7.60. The van der Waals surface area contributed by atoms with Gasteiger partial charge in [0.05, 0.1) is 6.54 Å². The number of carbonyl (C=O) groups is 1. The van der Waals surface area contributed by atoms with Gasteiger partial charge in [0.1, 0.15) is 0 Å². The van der Waals surface area contributed by atoms with E-state index in [0.717, 1.165) is 30.6 Å². The second-order valence-corrected chi connectivity index (χ2v) is 6.99. The van der Waals surface area contributed by atoms with Gasteiger partial charge in [0.15, 0.2) is 0 Å². The molecule has 3 rings (SSSR count). The maximum Gasteiger partial charge on any atom is 0.239 e. The number of rotatable bonds is 5. The Morgan fingerprint density at radius 2 is 1.92 bits per heavy atom. The maximum absolute atomic E-state index is 12.4. The van der Waals surface area contributed by atoms with E-state index < -0.39 is 0 Å². The van der Waals surface area contributed by atoms with Gasteiger partial charge in [0.2, 0.25) is 5.91 Å². The lowest BCUT2D eigenvalue weighted by Gasteiger charge is -2.31. The number of hydrogen-bond donors (Lipinski definition) is 1. The summed E-state index contributed by atoms with van der Waals surface area (Å²) in [4.78, 5) is 16.6. The molecule has 0 saturated heterocycles. The zero-order chi connectivity index (χ0) is 17.8. The largest absolute Gasteiger partial charge is 0.378 e. The molecule has 25 heavy (non-hydrogen) atoms. The summed E-state index contributed by atoms with van der Waals surface area (Å²) in [5.41, 5.74) is 6.13. The summed E-state index contributed by atoms with van der Waals surface area (Å²) < 4.78 is 0. The van der Waals surface area contributed by atoms with E-state index in [2.05, 4.69) is 64.5 Å². The predicted octanol–water partition coefficient (Wildman–Crippen LogP) is 3.13. The van der Waals surface area contributed by atoms with Gasteiger partial charge in [-0.25, -0.2) is 0 Å². The van der Waals surface area contributed by atoms with Crippen LogP contribution in [-0.2, 0) is 17.8 Å². The number of hydrogen-bond acceptors (Lipinski definition) is 3. The quantitative estimate of drug-likeness (QED) is 0.910. The Morgan fingerprint density at radius 1 is 1.16 bits per heavy atom. The summed E-state index contributed by atoms with van der Waals surface area (Å²) in [6.45, 7) is 4.06. The molecule has 0 spiro atoms. The third kappa shape index (κ3) is 4.32. The predicted molar refractivity (Wildman–Crippen MR) is 104 cm³/mol. The van der Waals surface area contributed by atoms with E-state index in [-0.39, 0.29) is 5.91 Å². The zero-order valence-corrected chi connectivity index (χ0v) is 15.4. The minimum Gasteiger partial charge on any atom is -0.378 e. The monoisotopic (exact) mass is 337 g/mol. The fourth-order valence-corrected chi connectivity index (χ4v) is 3.31. The van der Waals surface area contributed by atoms with Crippen molar-refractivity contribution in [1.29, 1.82) is 0 Å². The Balaban J connectivity index is 1.57. The lowest BCUT2D eigenvalue weighted by molar-refractivity contribution is -0.119. The van der Waals surface area contributed by atoms with E-state index in [9.17, 15) is 4.79 Å². The molecule has 1 aliphatic heterocycles. The first-order valence-corrected chi connectivity index (χ1v) is 8.90. The highest BCUT2D eigenvalue weighted by atomic mass is 16.2. The van der Waals surface area contributed by atoms with Crippen LogP contribution in [0.15, 0.2) is 42.5 Å². The molecule has 1 aliphatic rings. The van der Waals surface area contributed by atoms with E-state index in [1.165, 1.54) is 16.8 Å². The van der Waals surface area contributed by atoms with Crippen molar-refractivity contribution in [2.24, 2.45) is 0 Å². The van der Waals surface area contributed by atoms with E-state index in [1.807, 2.05) is 14.1 Å². The first-order chi connectivity index (χ1) is 12.0. The summed E-state index contributed by atoms with van der Waals surface area (Å²) in [6.07, 6.45) is 2.21. The van der Waals surface area contributed by atoms with Crippen molar-refractivity contribution >= 4 is 17.3 Å². The number of nitrogens with zero attached hydrogens (tertiary/aromatic N) is 2. The molecule has 4 nitrogen and oxygen atoms in total. The van der Waals surface area contributed by atoms with Gasteiger partial charge in [-0.15, -0.1) is 0 Å². The molecule has 0 unspecified atom stereocenters. The molecule has 2 aromatic carbocycles. The topological polar surface area (TPSA) is 35.6 Å². The van der Waals surface area contributed by atoms with Crippen LogP contribution in [0.25, 0.3) is 0 Å². The second-order valence-electron chi connectivity index (χ2n) is 6.99. The minimum atomic E-state index is 0.0742. The van der Waals surface area contributed by atoms with Gasteiger partial charge in [-0.1, -0.05) is 29.8 Å². The first kappa shape index (κ1) is 17.3. The van der Waals surface area contributed by atoms with Gasteiger partial charge in [-0.2, -0.15) is 0 Å². The molecule has 1 heterocycles. The standard InChI is InChI=1S/C21H27N3O/c1-16-6-11-20-18(13-16)5-4-12-24(20)15-21(25)22-14-17-7-9-19(10-8-17)23(2)3/h6-11,13H,4-5,12,14-15H2,1-3H3,(H,22,25). The first-order valence-electron chi connectivity index (χ1n) is 8.90. The number of aryl methyl sites for hydroxylation is 2. The Labute approximate surface area is 150 Å². The van der Waals surface area contributed by atoms with Gasteiger partial charge < -0.3 is 15.1 Å². The highest BCUT2D eigenvalue weighted by Gasteiger charge is 2.18. The number of anilines is 2. The minimum absolute atomic E-state index is 0.0742. The van der Waals surface area contributed by atoms with Crippen molar-refractivity contribution < 1.29 is 4.79 Å². The fraction of sp³-hybridized carbons (Fsp3) is 0.381. The van der Waals surface area contributed by atoms with Crippen LogP contribution in [0.2, 0.25) is 0 Å². The Kier molecular flexibility index (Phi) is 5.27. The summed E-state index contributed by atoms with van der Waals surface area (Å²) >= 11 is 0. The Bertz CT molecular complexity index is 737. The molecule has 0 aliphatic carbocycles. The van der Waals surface area contributed by atoms with E-state index in [0.29, 0.717) is 13.1 Å². The van der Waals surface area contributed by atoms with Crippen LogP contribution in [0, 0.1) is 6.92 Å². The summed E-state index contributed by atoms with van der Waals surface area (Å²) in [5.74, 6) is 0.0742. The molecule has 132 valence electrons. The van der Waals surface area contributed by atoms with Crippen LogP contribution < -0.4 is 15.1 Å². The highest BCUT2D eigenvalue weighted by molar-refractivity contribution is 5.82. The van der Waals surface area contributed by atoms with Crippen molar-refractivity contribution in [3.05, 3.63) is 59.2 Å². The number of benzene rings is 2. The van der Waals surface area contributed by atoms with Crippen molar-refractivity contribution in [3.8, 4) is 0 Å². The average molecular weight is 337 g/mol. The number of amides is 1. The van der Waals surface area contributed by atoms with Crippen LogP contribution in [0.1, 0.15) is 23.1 Å². The smallest absolute Gasteiger partial charge is 0.239 e. The van der Waals surface area contributed by atoms with Gasteiger partial charge in [-0.05, 0) is 49.1 Å². The van der Waals surface area contributed by atoms with Gasteiger partial charge >= 0.3 is 0 Å². The van der Waals surface area contributed by atoms with E-state index in [1.54, 1.807) is 0 Å². The highest BCUT2D eigenvalue weighted by Crippen LogP contribution is 2.27. The molecular formula is C21H27N3O. The van der Waals surface area contributed by atoms with Gasteiger partial charge in [-0.3, -0.25) is 4.79 Å². The van der Waals surface area contributed by atoms with Crippen LogP contribution in [0.3, 0.4) is 0 Å². The summed E-state index contributed by atoms with van der Waals surface area (Å²) in [6, 6.07) is 14.8. The van der Waals surface area contributed by atoms with Crippen LogP contribution in [-0.4, -0.2) is 33.1 Å². The number of nitrogens with one attached hydrogen (secondary N) is 1.